The number of fused-ring (bicyclic) bond motifs is 2. The normalized spacial score (nSPS) is 27.2. The predicted molar refractivity (Wildman–Crippen MR) is 129 cm³/mol. The van der Waals surface area contributed by atoms with Gasteiger partial charge >= 0.3 is 190 Å². The summed E-state index contributed by atoms with van der Waals surface area (Å²) in [7, 11) is 1.57. The molecule has 2 fully saturated rings. The molecule has 0 aromatic heterocycles. The molecule has 31 heavy (non-hydrogen) atoms. The van der Waals surface area contributed by atoms with E-state index in [1.165, 1.54) is 17.2 Å². The molecule has 3 heteroatoms. The van der Waals surface area contributed by atoms with E-state index in [4.69, 9.17) is 4.74 Å². The minimum absolute atomic E-state index is 0.00596. The van der Waals surface area contributed by atoms with Gasteiger partial charge < -0.3 is 0 Å². The van der Waals surface area contributed by atoms with Gasteiger partial charge in [0.2, 0.25) is 0 Å². The predicted octanol–water partition coefficient (Wildman–Crippen LogP) is 4.14. The molecule has 0 amide bonds. The van der Waals surface area contributed by atoms with Crippen molar-refractivity contribution in [3.63, 3.8) is 0 Å². The van der Waals surface area contributed by atoms with E-state index in [2.05, 4.69) is 97.9 Å². The van der Waals surface area contributed by atoms with Gasteiger partial charge in [0.15, 0.2) is 0 Å². The molecule has 2 saturated carbocycles. The number of hydrogen-bond acceptors (Lipinski definition) is 2. The maximum absolute atomic E-state index is 13.5. The molecule has 0 N–H and O–H groups in total. The number of hydrogen-bond donors (Lipinski definition) is 0. The Morgan fingerprint density at radius 2 is 1.26 bits per heavy atom. The molecule has 0 unspecified atom stereocenters. The van der Waals surface area contributed by atoms with Crippen LogP contribution in [0.15, 0.2) is 91.0 Å². The molecule has 2 aliphatic rings. The quantitative estimate of drug-likeness (QED) is 0.376. The van der Waals surface area contributed by atoms with Crippen molar-refractivity contribution in [1.82, 2.24) is 0 Å². The van der Waals surface area contributed by atoms with Crippen molar-refractivity contribution in [1.29, 1.82) is 0 Å². The summed E-state index contributed by atoms with van der Waals surface area (Å²) in [6, 6.07) is 33.4. The second-order valence-corrected chi connectivity index (χ2v) is 20.8. The van der Waals surface area contributed by atoms with Gasteiger partial charge in [-0.3, -0.25) is 0 Å². The molecule has 2 bridgehead atoms. The van der Waals surface area contributed by atoms with Gasteiger partial charge in [-0.15, -0.1) is 0 Å². The summed E-state index contributed by atoms with van der Waals surface area (Å²) in [5.74, 6) is 0.987. The molecule has 0 spiro atoms. The Bertz CT molecular complexity index is 953. The van der Waals surface area contributed by atoms with Crippen molar-refractivity contribution >= 4 is 35.1 Å². The van der Waals surface area contributed by atoms with Crippen LogP contribution in [0.2, 0.25) is 3.93 Å². The van der Waals surface area contributed by atoms with Crippen LogP contribution in [-0.2, 0) is 9.53 Å². The van der Waals surface area contributed by atoms with Crippen molar-refractivity contribution in [2.24, 2.45) is 17.3 Å². The number of carbonyl (C=O) groups excluding carboxylic acids is 1. The first kappa shape index (κ1) is 20.8. The Kier molecular flexibility index (Phi) is 5.45. The fourth-order valence-corrected chi connectivity index (χ4v) is 25.6. The van der Waals surface area contributed by atoms with Crippen LogP contribution >= 0.6 is 0 Å². The Labute approximate surface area is 189 Å². The first-order valence-electron chi connectivity index (χ1n) is 11.4. The monoisotopic (exact) mass is 518 g/mol. The molecule has 158 valence electrons. The summed E-state index contributed by atoms with van der Waals surface area (Å²) >= 11 is -3.65. The molecular formula is C28H30O2Sn. The summed E-state index contributed by atoms with van der Waals surface area (Å²) in [5, 5.41) is 0. The van der Waals surface area contributed by atoms with Crippen molar-refractivity contribution < 1.29 is 9.53 Å². The third kappa shape index (κ3) is 3.01. The van der Waals surface area contributed by atoms with Crippen LogP contribution in [0.3, 0.4) is 0 Å². The molecule has 2 nitrogen and oxygen atoms in total. The van der Waals surface area contributed by atoms with Gasteiger partial charge in [-0.05, 0) is 0 Å². The SMILES string of the molecule is COC(=O)[C@]1(C)[C@@H]2CC[C@@H](C2)[C@@H]1[Sn]([c]1ccccc1)([c]1ccccc1)[c]1ccccc1. The van der Waals surface area contributed by atoms with E-state index in [0.717, 1.165) is 12.8 Å². The number of carbonyl (C=O) groups is 1. The topological polar surface area (TPSA) is 26.3 Å². The number of methoxy groups -OCH3 is 1. The molecule has 3 aromatic carbocycles. The fraction of sp³-hybridized carbons (Fsp3) is 0.321. The molecule has 0 heterocycles. The van der Waals surface area contributed by atoms with E-state index in [-0.39, 0.29) is 5.97 Å². The van der Waals surface area contributed by atoms with Gasteiger partial charge in [0.25, 0.3) is 0 Å². The van der Waals surface area contributed by atoms with E-state index in [9.17, 15) is 4.79 Å². The van der Waals surface area contributed by atoms with E-state index >= 15 is 0 Å². The molecular weight excluding hydrogens is 487 g/mol. The van der Waals surface area contributed by atoms with Crippen molar-refractivity contribution in [2.75, 3.05) is 7.11 Å². The van der Waals surface area contributed by atoms with Crippen LogP contribution in [0, 0.1) is 17.3 Å². The van der Waals surface area contributed by atoms with E-state index < -0.39 is 23.8 Å². The number of ether oxygens (including phenoxy) is 1. The summed E-state index contributed by atoms with van der Waals surface area (Å²) in [5.41, 5.74) is -0.435. The van der Waals surface area contributed by atoms with Crippen LogP contribution in [0.1, 0.15) is 26.2 Å². The van der Waals surface area contributed by atoms with E-state index in [1.54, 1.807) is 7.11 Å². The maximum atomic E-state index is 13.5. The number of rotatable bonds is 5. The van der Waals surface area contributed by atoms with Gasteiger partial charge in [0.1, 0.15) is 0 Å². The first-order valence-corrected chi connectivity index (χ1v) is 17.3. The van der Waals surface area contributed by atoms with Gasteiger partial charge in [-0.2, -0.15) is 0 Å². The summed E-state index contributed by atoms with van der Waals surface area (Å²) < 4.78 is 10.2. The zero-order valence-corrected chi connectivity index (χ0v) is 21.2. The molecule has 0 radical (unpaired) electrons. The standard InChI is InChI=1S/C10H15O2.3C6H5.Sn/c1-10(9(11)12-2)6-7-3-4-8(10)5-7;3*1-2-4-6-5-3-1;/h6-8H,3-5H2,1-2H3;3*1-5H;/t7-,8+,10-;;;;/m0..../s1. The molecule has 0 aliphatic heterocycles. The molecule has 0 saturated heterocycles. The van der Waals surface area contributed by atoms with E-state index in [0.29, 0.717) is 15.8 Å². The van der Waals surface area contributed by atoms with Crippen LogP contribution in [-0.4, -0.2) is 31.5 Å². The van der Waals surface area contributed by atoms with Crippen LogP contribution in [0.25, 0.3) is 0 Å². The fourth-order valence-electron chi connectivity index (χ4n) is 7.07. The Morgan fingerprint density at radius 3 is 1.68 bits per heavy atom. The van der Waals surface area contributed by atoms with Crippen molar-refractivity contribution in [2.45, 2.75) is 30.1 Å². The third-order valence-electron chi connectivity index (χ3n) is 8.22. The Balaban J connectivity index is 1.88. The first-order chi connectivity index (χ1) is 15.1. The Morgan fingerprint density at radius 1 is 0.806 bits per heavy atom. The third-order valence-corrected chi connectivity index (χ3v) is 24.6. The molecule has 4 atom stereocenters. The van der Waals surface area contributed by atoms with Gasteiger partial charge in [0, 0.05) is 0 Å². The average molecular weight is 517 g/mol. The molecule has 5 rings (SSSR count). The summed E-state index contributed by atoms with van der Waals surface area (Å²) in [6.07, 6.45) is 3.53. The number of benzene rings is 3. The van der Waals surface area contributed by atoms with Gasteiger partial charge in [-0.25, -0.2) is 0 Å². The Hall–Kier alpha value is -2.07. The molecule has 2 aliphatic carbocycles. The average Bonchev–Trinajstić information content (AvgIpc) is 3.43. The van der Waals surface area contributed by atoms with Crippen molar-refractivity contribution in [3.05, 3.63) is 91.0 Å². The van der Waals surface area contributed by atoms with Crippen molar-refractivity contribution in [3.8, 4) is 0 Å². The van der Waals surface area contributed by atoms with Crippen LogP contribution < -0.4 is 10.7 Å². The zero-order valence-electron chi connectivity index (χ0n) is 18.3. The second-order valence-electron chi connectivity index (χ2n) is 9.43. The van der Waals surface area contributed by atoms with Gasteiger partial charge in [0.05, 0.1) is 0 Å². The zero-order chi connectivity index (χ0) is 21.5. The van der Waals surface area contributed by atoms with Crippen LogP contribution in [0.5, 0.6) is 0 Å². The minimum atomic E-state index is -3.65. The van der Waals surface area contributed by atoms with Gasteiger partial charge in [-0.1, -0.05) is 0 Å². The number of esters is 1. The van der Waals surface area contributed by atoms with Crippen LogP contribution in [0.4, 0.5) is 0 Å². The van der Waals surface area contributed by atoms with E-state index in [1.807, 2.05) is 0 Å². The summed E-state index contributed by atoms with van der Waals surface area (Å²) in [4.78, 5) is 13.5. The molecule has 3 aromatic rings. The second kappa shape index (κ2) is 8.12. The summed E-state index contributed by atoms with van der Waals surface area (Å²) in [6.45, 7) is 2.23.